The van der Waals surface area contributed by atoms with E-state index in [1.54, 1.807) is 0 Å². The molecule has 2 atom stereocenters. The highest BCUT2D eigenvalue weighted by atomic mass is 19.4. The fourth-order valence-electron chi connectivity index (χ4n) is 1.65. The molecule has 0 aliphatic carbocycles. The molecule has 1 rings (SSSR count). The van der Waals surface area contributed by atoms with Gasteiger partial charge in [0.1, 0.15) is 0 Å². The molecule has 1 fully saturated rings. The van der Waals surface area contributed by atoms with Gasteiger partial charge in [-0.1, -0.05) is 0 Å². The summed E-state index contributed by atoms with van der Waals surface area (Å²) in [7, 11) is 0. The molecule has 0 bridgehead atoms. The lowest BCUT2D eigenvalue weighted by molar-refractivity contribution is -0.156. The molecule has 0 aromatic heterocycles. The molecule has 7 heteroatoms. The van der Waals surface area contributed by atoms with Crippen LogP contribution in [0.1, 0.15) is 0 Å². The van der Waals surface area contributed by atoms with Crippen molar-refractivity contribution in [1.29, 1.82) is 0 Å². The highest BCUT2D eigenvalue weighted by Crippen LogP contribution is 2.19. The van der Waals surface area contributed by atoms with E-state index in [1.807, 2.05) is 0 Å². The van der Waals surface area contributed by atoms with Crippen LogP contribution in [0.3, 0.4) is 0 Å². The van der Waals surface area contributed by atoms with Crippen LogP contribution in [-0.4, -0.2) is 66.2 Å². The minimum atomic E-state index is -4.27. The van der Waals surface area contributed by atoms with Crippen LogP contribution < -0.4 is 5.32 Å². The molecular formula is C8H15F3N2O2. The lowest BCUT2D eigenvalue weighted by Gasteiger charge is -2.39. The maximum atomic E-state index is 12.2. The third-order valence-corrected chi connectivity index (χ3v) is 2.43. The summed E-state index contributed by atoms with van der Waals surface area (Å²) in [6.45, 7) is -1.21. The van der Waals surface area contributed by atoms with Crippen molar-refractivity contribution in [2.45, 2.75) is 18.3 Å². The van der Waals surface area contributed by atoms with Gasteiger partial charge in [0.05, 0.1) is 19.8 Å². The van der Waals surface area contributed by atoms with Crippen molar-refractivity contribution >= 4 is 0 Å². The van der Waals surface area contributed by atoms with Gasteiger partial charge in [-0.05, 0) is 0 Å². The molecule has 15 heavy (non-hydrogen) atoms. The third kappa shape index (κ3) is 3.94. The topological polar surface area (TPSA) is 55.7 Å². The number of hydrogen-bond acceptors (Lipinski definition) is 4. The molecule has 0 saturated carbocycles. The summed E-state index contributed by atoms with van der Waals surface area (Å²) in [5.74, 6) is 0. The zero-order valence-electron chi connectivity index (χ0n) is 8.17. The number of nitrogens with one attached hydrogen (secondary N) is 1. The molecule has 1 aliphatic heterocycles. The summed E-state index contributed by atoms with van der Waals surface area (Å²) in [6.07, 6.45) is -4.27. The normalized spacial score (nSPS) is 29.4. The van der Waals surface area contributed by atoms with Crippen molar-refractivity contribution in [3.63, 3.8) is 0 Å². The Morgan fingerprint density at radius 1 is 1.27 bits per heavy atom. The minimum absolute atomic E-state index is 0.0984. The summed E-state index contributed by atoms with van der Waals surface area (Å²) in [6, 6.07) is -0.885. The molecule has 90 valence electrons. The quantitative estimate of drug-likeness (QED) is 0.590. The zero-order valence-corrected chi connectivity index (χ0v) is 8.17. The van der Waals surface area contributed by atoms with Gasteiger partial charge in [0.15, 0.2) is 0 Å². The van der Waals surface area contributed by atoms with Crippen molar-refractivity contribution in [2.75, 3.05) is 32.8 Å². The number of rotatable bonds is 3. The molecule has 1 heterocycles. The SMILES string of the molecule is OCC1CN(CC(F)(F)F)C(CO)CN1. The monoisotopic (exact) mass is 228 g/mol. The number of halogens is 3. The molecule has 2 unspecified atom stereocenters. The lowest BCUT2D eigenvalue weighted by atomic mass is 10.1. The average Bonchev–Trinajstić information content (AvgIpc) is 2.15. The van der Waals surface area contributed by atoms with E-state index in [0.717, 1.165) is 4.90 Å². The first kappa shape index (κ1) is 12.7. The maximum Gasteiger partial charge on any atom is 0.401 e. The molecule has 3 N–H and O–H groups in total. The molecule has 0 aromatic rings. The van der Waals surface area contributed by atoms with Gasteiger partial charge in [0.25, 0.3) is 0 Å². The van der Waals surface area contributed by atoms with Gasteiger partial charge in [-0.15, -0.1) is 0 Å². The Hall–Kier alpha value is -0.370. The summed E-state index contributed by atoms with van der Waals surface area (Å²) in [5.41, 5.74) is 0. The van der Waals surface area contributed by atoms with E-state index in [1.165, 1.54) is 0 Å². The van der Waals surface area contributed by atoms with Crippen molar-refractivity contribution in [3.8, 4) is 0 Å². The highest BCUT2D eigenvalue weighted by molar-refractivity contribution is 4.86. The van der Waals surface area contributed by atoms with Crippen LogP contribution in [0.4, 0.5) is 13.2 Å². The fourth-order valence-corrected chi connectivity index (χ4v) is 1.65. The van der Waals surface area contributed by atoms with Crippen molar-refractivity contribution in [1.82, 2.24) is 10.2 Å². The number of piperazine rings is 1. The van der Waals surface area contributed by atoms with Crippen molar-refractivity contribution < 1.29 is 23.4 Å². The lowest BCUT2D eigenvalue weighted by Crippen LogP contribution is -2.60. The Kier molecular flexibility index (Phi) is 4.32. The van der Waals surface area contributed by atoms with Gasteiger partial charge < -0.3 is 15.5 Å². The van der Waals surface area contributed by atoms with Gasteiger partial charge in [-0.3, -0.25) is 4.90 Å². The Morgan fingerprint density at radius 2 is 1.93 bits per heavy atom. The van der Waals surface area contributed by atoms with Gasteiger partial charge in [0, 0.05) is 25.2 Å². The summed E-state index contributed by atoms with van der Waals surface area (Å²) >= 11 is 0. The number of alkyl halides is 3. The van der Waals surface area contributed by atoms with E-state index < -0.39 is 18.8 Å². The van der Waals surface area contributed by atoms with Gasteiger partial charge in [-0.25, -0.2) is 0 Å². The van der Waals surface area contributed by atoms with Gasteiger partial charge in [0.2, 0.25) is 0 Å². The van der Waals surface area contributed by atoms with E-state index in [2.05, 4.69) is 5.32 Å². The van der Waals surface area contributed by atoms with Gasteiger partial charge >= 0.3 is 6.18 Å². The number of nitrogens with zero attached hydrogens (tertiary/aromatic N) is 1. The Labute approximate surface area is 85.7 Å². The summed E-state index contributed by atoms with van der Waals surface area (Å²) < 4.78 is 36.5. The molecule has 0 amide bonds. The highest BCUT2D eigenvalue weighted by Gasteiger charge is 2.36. The maximum absolute atomic E-state index is 12.2. The molecule has 4 nitrogen and oxygen atoms in total. The number of aliphatic hydroxyl groups is 2. The first-order valence-electron chi connectivity index (χ1n) is 4.72. The first-order chi connectivity index (χ1) is 6.96. The average molecular weight is 228 g/mol. The van der Waals surface area contributed by atoms with E-state index in [4.69, 9.17) is 10.2 Å². The van der Waals surface area contributed by atoms with Crippen LogP contribution >= 0.6 is 0 Å². The van der Waals surface area contributed by atoms with Crippen LogP contribution in [0.2, 0.25) is 0 Å². The zero-order chi connectivity index (χ0) is 11.5. The molecular weight excluding hydrogens is 213 g/mol. The number of aliphatic hydroxyl groups excluding tert-OH is 2. The van der Waals surface area contributed by atoms with E-state index in [0.29, 0.717) is 0 Å². The fraction of sp³-hybridized carbons (Fsp3) is 1.00. The second-order valence-corrected chi connectivity index (χ2v) is 3.67. The van der Waals surface area contributed by atoms with Crippen LogP contribution in [0.25, 0.3) is 0 Å². The Balaban J connectivity index is 2.55. The molecule has 1 saturated heterocycles. The number of hydrogen-bond donors (Lipinski definition) is 3. The van der Waals surface area contributed by atoms with Gasteiger partial charge in [-0.2, -0.15) is 13.2 Å². The molecule has 0 radical (unpaired) electrons. The Morgan fingerprint density at radius 3 is 2.40 bits per heavy atom. The molecule has 1 aliphatic rings. The van der Waals surface area contributed by atoms with Crippen LogP contribution in [0.5, 0.6) is 0 Å². The molecule has 0 spiro atoms. The standard InChI is InChI=1S/C8H15F3N2O2/c9-8(10,11)5-13-2-6(3-14)12-1-7(13)4-15/h6-7,12,14-15H,1-5H2. The van der Waals surface area contributed by atoms with Crippen molar-refractivity contribution in [3.05, 3.63) is 0 Å². The van der Waals surface area contributed by atoms with Crippen molar-refractivity contribution in [2.24, 2.45) is 0 Å². The van der Waals surface area contributed by atoms with Crippen LogP contribution in [-0.2, 0) is 0 Å². The second kappa shape index (κ2) is 5.11. The largest absolute Gasteiger partial charge is 0.401 e. The Bertz CT molecular complexity index is 201. The predicted octanol–water partition coefficient (Wildman–Crippen LogP) is -0.824. The first-order valence-corrected chi connectivity index (χ1v) is 4.72. The summed E-state index contributed by atoms with van der Waals surface area (Å²) in [5, 5.41) is 20.6. The summed E-state index contributed by atoms with van der Waals surface area (Å²) in [4.78, 5) is 1.15. The smallest absolute Gasteiger partial charge is 0.395 e. The van der Waals surface area contributed by atoms with Crippen LogP contribution in [0.15, 0.2) is 0 Å². The third-order valence-electron chi connectivity index (χ3n) is 2.43. The second-order valence-electron chi connectivity index (χ2n) is 3.67. The van der Waals surface area contributed by atoms with Crippen LogP contribution in [0, 0.1) is 0 Å². The van der Waals surface area contributed by atoms with E-state index in [-0.39, 0.29) is 32.3 Å². The predicted molar refractivity (Wildman–Crippen MR) is 47.4 cm³/mol. The van der Waals surface area contributed by atoms with E-state index >= 15 is 0 Å². The van der Waals surface area contributed by atoms with E-state index in [9.17, 15) is 13.2 Å². The minimum Gasteiger partial charge on any atom is -0.395 e. The molecule has 0 aromatic carbocycles.